The predicted octanol–water partition coefficient (Wildman–Crippen LogP) is 1.97. The molecule has 2 N–H and O–H groups in total. The van der Waals surface area contributed by atoms with E-state index in [-0.39, 0.29) is 18.3 Å². The van der Waals surface area contributed by atoms with Crippen LogP contribution in [0, 0.1) is 0 Å². The molecule has 0 heterocycles. The van der Waals surface area contributed by atoms with Crippen LogP contribution in [0.1, 0.15) is 6.92 Å². The Morgan fingerprint density at radius 2 is 2.17 bits per heavy atom. The van der Waals surface area contributed by atoms with Gasteiger partial charge in [0.2, 0.25) is 0 Å². The van der Waals surface area contributed by atoms with Gasteiger partial charge >= 0.3 is 0 Å². The van der Waals surface area contributed by atoms with Crippen molar-refractivity contribution in [2.24, 2.45) is 0 Å². The first-order chi connectivity index (χ1) is 8.13. The smallest absolute Gasteiger partial charge is 0.260 e. The Balaban J connectivity index is 0.00000289. The van der Waals surface area contributed by atoms with Crippen molar-refractivity contribution in [3.63, 3.8) is 0 Å². The van der Waals surface area contributed by atoms with Crippen LogP contribution in [0.3, 0.4) is 0 Å². The van der Waals surface area contributed by atoms with Gasteiger partial charge in [0, 0.05) is 17.6 Å². The largest absolute Gasteiger partial charge is 0.481 e. The van der Waals surface area contributed by atoms with Gasteiger partial charge in [-0.2, -0.15) is 0 Å². The maximum absolute atomic E-state index is 11.6. The first-order valence-electron chi connectivity index (χ1n) is 5.48. The lowest BCUT2D eigenvalue weighted by molar-refractivity contribution is -0.127. The van der Waals surface area contributed by atoms with Crippen LogP contribution in [-0.4, -0.2) is 32.1 Å². The molecule has 1 atom stereocenters. The number of hydrogen-bond donors (Lipinski definition) is 2. The normalized spacial score (nSPS) is 11.3. The van der Waals surface area contributed by atoms with Crippen molar-refractivity contribution >= 4 is 34.2 Å². The summed E-state index contributed by atoms with van der Waals surface area (Å²) in [5, 5.41) is 5.74. The molecule has 0 saturated heterocycles. The van der Waals surface area contributed by atoms with Crippen molar-refractivity contribution in [3.8, 4) is 5.75 Å². The number of likely N-dealkylation sites (N-methyl/N-ethyl adjacent to an activating group) is 1. The minimum atomic E-state index is -0.499. The highest BCUT2D eigenvalue weighted by molar-refractivity contribution is 9.10. The van der Waals surface area contributed by atoms with Gasteiger partial charge in [-0.05, 0) is 32.2 Å². The van der Waals surface area contributed by atoms with Crippen LogP contribution in [0.5, 0.6) is 5.75 Å². The predicted molar refractivity (Wildman–Crippen MR) is 78.4 cm³/mol. The lowest BCUT2D eigenvalue weighted by atomic mass is 10.3. The van der Waals surface area contributed by atoms with E-state index in [1.807, 2.05) is 31.3 Å². The molecule has 1 aromatic carbocycles. The first kappa shape index (κ1) is 17.2. The Morgan fingerprint density at radius 3 is 2.78 bits per heavy atom. The van der Waals surface area contributed by atoms with E-state index in [2.05, 4.69) is 26.6 Å². The lowest BCUT2D eigenvalue weighted by Crippen LogP contribution is -2.39. The highest BCUT2D eigenvalue weighted by Crippen LogP contribution is 2.18. The molecule has 1 aromatic rings. The van der Waals surface area contributed by atoms with Crippen molar-refractivity contribution < 1.29 is 9.53 Å². The van der Waals surface area contributed by atoms with Crippen LogP contribution in [0.15, 0.2) is 28.7 Å². The number of nitrogens with one attached hydrogen (secondary N) is 2. The minimum Gasteiger partial charge on any atom is -0.481 e. The first-order valence-corrected chi connectivity index (χ1v) is 6.27. The monoisotopic (exact) mass is 336 g/mol. The third kappa shape index (κ3) is 6.23. The van der Waals surface area contributed by atoms with Crippen LogP contribution in [0.4, 0.5) is 0 Å². The molecule has 6 heteroatoms. The Bertz CT molecular complexity index is 377. The Kier molecular flexibility index (Phi) is 8.79. The Morgan fingerprint density at radius 1 is 1.44 bits per heavy atom. The number of hydrogen-bond acceptors (Lipinski definition) is 3. The molecule has 0 spiro atoms. The second kappa shape index (κ2) is 9.19. The van der Waals surface area contributed by atoms with Crippen molar-refractivity contribution in [2.75, 3.05) is 20.1 Å². The summed E-state index contributed by atoms with van der Waals surface area (Å²) < 4.78 is 6.45. The van der Waals surface area contributed by atoms with E-state index in [0.717, 1.165) is 11.0 Å². The number of rotatable bonds is 6. The van der Waals surface area contributed by atoms with Crippen LogP contribution < -0.4 is 15.4 Å². The molecule has 1 rings (SSSR count). The van der Waals surface area contributed by atoms with Crippen molar-refractivity contribution in [3.05, 3.63) is 28.7 Å². The summed E-state index contributed by atoms with van der Waals surface area (Å²) in [6, 6.07) is 7.43. The summed E-state index contributed by atoms with van der Waals surface area (Å²) in [6.07, 6.45) is -0.499. The van der Waals surface area contributed by atoms with E-state index in [9.17, 15) is 4.79 Å². The third-order valence-corrected chi connectivity index (χ3v) is 2.65. The number of benzene rings is 1. The summed E-state index contributed by atoms with van der Waals surface area (Å²) in [6.45, 7) is 3.08. The molecule has 102 valence electrons. The van der Waals surface area contributed by atoms with Crippen LogP contribution in [0.25, 0.3) is 0 Å². The Hall–Kier alpha value is -0.780. The Labute approximate surface area is 122 Å². The summed E-state index contributed by atoms with van der Waals surface area (Å²) >= 11 is 3.35. The zero-order chi connectivity index (χ0) is 12.7. The molecular weight excluding hydrogens is 320 g/mol. The standard InChI is InChI=1S/C12H17BrN2O2.ClH/c1-9(12(16)15-7-6-14-2)17-11-5-3-4-10(13)8-11;/h3-5,8-9,14H,6-7H2,1-2H3,(H,15,16);1H. The quantitative estimate of drug-likeness (QED) is 0.780. The maximum Gasteiger partial charge on any atom is 0.260 e. The highest BCUT2D eigenvalue weighted by atomic mass is 79.9. The van der Waals surface area contributed by atoms with Crippen LogP contribution >= 0.6 is 28.3 Å². The molecule has 0 aliphatic carbocycles. The topological polar surface area (TPSA) is 50.4 Å². The van der Waals surface area contributed by atoms with E-state index in [1.165, 1.54) is 0 Å². The van der Waals surface area contributed by atoms with E-state index in [1.54, 1.807) is 6.92 Å². The van der Waals surface area contributed by atoms with Gasteiger partial charge in [-0.15, -0.1) is 12.4 Å². The lowest BCUT2D eigenvalue weighted by Gasteiger charge is -2.14. The fourth-order valence-electron chi connectivity index (χ4n) is 1.25. The second-order valence-corrected chi connectivity index (χ2v) is 4.53. The molecular formula is C12H18BrClN2O2. The number of amides is 1. The molecule has 0 aromatic heterocycles. The van der Waals surface area contributed by atoms with Crippen LogP contribution in [-0.2, 0) is 4.79 Å². The van der Waals surface area contributed by atoms with E-state index < -0.39 is 6.10 Å². The molecule has 4 nitrogen and oxygen atoms in total. The van der Waals surface area contributed by atoms with E-state index in [0.29, 0.717) is 12.3 Å². The fraction of sp³-hybridized carbons (Fsp3) is 0.417. The summed E-state index contributed by atoms with van der Waals surface area (Å²) in [7, 11) is 1.84. The van der Waals surface area contributed by atoms with Gasteiger partial charge in [-0.25, -0.2) is 0 Å². The molecule has 1 unspecified atom stereocenters. The zero-order valence-electron chi connectivity index (χ0n) is 10.4. The van der Waals surface area contributed by atoms with Gasteiger partial charge in [0.15, 0.2) is 6.10 Å². The number of halogens is 2. The number of carbonyl (C=O) groups is 1. The van der Waals surface area contributed by atoms with Crippen molar-refractivity contribution in [1.29, 1.82) is 0 Å². The highest BCUT2D eigenvalue weighted by Gasteiger charge is 2.13. The molecule has 0 bridgehead atoms. The third-order valence-electron chi connectivity index (χ3n) is 2.15. The van der Waals surface area contributed by atoms with Crippen molar-refractivity contribution in [2.45, 2.75) is 13.0 Å². The molecule has 0 fully saturated rings. The minimum absolute atomic E-state index is 0. The fourth-order valence-corrected chi connectivity index (χ4v) is 1.63. The number of carbonyl (C=O) groups excluding carboxylic acids is 1. The average molecular weight is 338 g/mol. The summed E-state index contributed by atoms with van der Waals surface area (Å²) in [5.41, 5.74) is 0. The van der Waals surface area contributed by atoms with E-state index >= 15 is 0 Å². The van der Waals surface area contributed by atoms with Crippen LogP contribution in [0.2, 0.25) is 0 Å². The molecule has 18 heavy (non-hydrogen) atoms. The molecule has 0 saturated carbocycles. The zero-order valence-corrected chi connectivity index (χ0v) is 12.8. The molecule has 0 radical (unpaired) electrons. The number of ether oxygens (including phenoxy) is 1. The summed E-state index contributed by atoms with van der Waals surface area (Å²) in [5.74, 6) is 0.566. The second-order valence-electron chi connectivity index (χ2n) is 3.61. The van der Waals surface area contributed by atoms with Gasteiger partial charge in [0.05, 0.1) is 0 Å². The van der Waals surface area contributed by atoms with Gasteiger partial charge < -0.3 is 15.4 Å². The average Bonchev–Trinajstić information content (AvgIpc) is 2.29. The molecule has 0 aliphatic heterocycles. The molecule has 0 aliphatic rings. The SMILES string of the molecule is CNCCNC(=O)C(C)Oc1cccc(Br)c1.Cl. The van der Waals surface area contributed by atoms with Crippen molar-refractivity contribution in [1.82, 2.24) is 10.6 Å². The maximum atomic E-state index is 11.6. The van der Waals surface area contributed by atoms with Gasteiger partial charge in [0.1, 0.15) is 5.75 Å². The van der Waals surface area contributed by atoms with E-state index in [4.69, 9.17) is 4.74 Å². The summed E-state index contributed by atoms with van der Waals surface area (Å²) in [4.78, 5) is 11.6. The van der Waals surface area contributed by atoms with Gasteiger partial charge in [0.25, 0.3) is 5.91 Å². The van der Waals surface area contributed by atoms with Gasteiger partial charge in [-0.3, -0.25) is 4.79 Å². The molecule has 1 amide bonds. The van der Waals surface area contributed by atoms with Gasteiger partial charge in [-0.1, -0.05) is 22.0 Å².